The van der Waals surface area contributed by atoms with Crippen molar-refractivity contribution in [3.63, 3.8) is 0 Å². The number of halogens is 4. The van der Waals surface area contributed by atoms with Gasteiger partial charge in [0.25, 0.3) is 0 Å². The van der Waals surface area contributed by atoms with Gasteiger partial charge in [-0.25, -0.2) is 0 Å². The van der Waals surface area contributed by atoms with Crippen molar-refractivity contribution in [3.05, 3.63) is 17.5 Å². The standard InChI is InChI=1S/C10H12ClF3N8/c11-6(16)5-7(17)21-9(22-8(5)18)20-4(1-15)2-19-3-10(12,13)14/h1-2,16H,3,15H2,(H5,17,18,20,21,22). The molecule has 0 aliphatic carbocycles. The first kappa shape index (κ1) is 17.5. The number of nitrogens with two attached hydrogens (primary N) is 3. The number of hydrogen-bond acceptors (Lipinski definition) is 8. The molecule has 8 N–H and O–H groups in total. The molecule has 12 heteroatoms. The maximum atomic E-state index is 12.0. The fourth-order valence-corrected chi connectivity index (χ4v) is 1.46. The zero-order valence-electron chi connectivity index (χ0n) is 10.9. The summed E-state index contributed by atoms with van der Waals surface area (Å²) in [4.78, 5) is 10.7. The quantitative estimate of drug-likeness (QED) is 0.507. The minimum absolute atomic E-state index is 0.00301. The van der Waals surface area contributed by atoms with E-state index in [1.165, 1.54) is 0 Å². The van der Waals surface area contributed by atoms with E-state index >= 15 is 0 Å². The average molecular weight is 337 g/mol. The molecule has 0 aliphatic rings. The van der Waals surface area contributed by atoms with Crippen LogP contribution in [0.25, 0.3) is 0 Å². The Morgan fingerprint density at radius 2 is 1.86 bits per heavy atom. The SMILES string of the molecule is N=C(Cl)c1c(N)nc(NC(C=NCC(F)(F)F)=CN)nc1N. The number of allylic oxidation sites excluding steroid dienone is 1. The first-order valence-corrected chi connectivity index (χ1v) is 5.94. The summed E-state index contributed by atoms with van der Waals surface area (Å²) in [6, 6.07) is 0. The van der Waals surface area contributed by atoms with Crippen molar-refractivity contribution in [2.75, 3.05) is 23.3 Å². The predicted molar refractivity (Wildman–Crippen MR) is 78.8 cm³/mol. The van der Waals surface area contributed by atoms with E-state index in [1.807, 2.05) is 0 Å². The molecule has 8 nitrogen and oxygen atoms in total. The highest BCUT2D eigenvalue weighted by Gasteiger charge is 2.25. The molecule has 0 amide bonds. The lowest BCUT2D eigenvalue weighted by atomic mass is 10.3. The highest BCUT2D eigenvalue weighted by molar-refractivity contribution is 6.69. The average Bonchev–Trinajstić information content (AvgIpc) is 2.34. The largest absolute Gasteiger partial charge is 0.407 e. The third-order valence-electron chi connectivity index (χ3n) is 2.12. The number of rotatable bonds is 5. The molecule has 1 aromatic rings. The zero-order valence-corrected chi connectivity index (χ0v) is 11.7. The smallest absolute Gasteiger partial charge is 0.403 e. The van der Waals surface area contributed by atoms with Crippen LogP contribution in [0.15, 0.2) is 16.9 Å². The third kappa shape index (κ3) is 5.09. The van der Waals surface area contributed by atoms with Gasteiger partial charge in [0.1, 0.15) is 23.4 Å². The Balaban J connectivity index is 2.92. The first-order valence-electron chi connectivity index (χ1n) is 5.57. The van der Waals surface area contributed by atoms with E-state index in [1.54, 1.807) is 0 Å². The lowest BCUT2D eigenvalue weighted by Gasteiger charge is -2.09. The Bertz CT molecular complexity index is 602. The normalized spacial score (nSPS) is 12.6. The molecule has 1 heterocycles. The molecular weight excluding hydrogens is 325 g/mol. The van der Waals surface area contributed by atoms with Crippen molar-refractivity contribution in [1.29, 1.82) is 5.41 Å². The molecule has 0 bridgehead atoms. The first-order chi connectivity index (χ1) is 10.1. The predicted octanol–water partition coefficient (Wildman–Crippen LogP) is 1.05. The van der Waals surface area contributed by atoms with Crippen molar-refractivity contribution in [1.82, 2.24) is 9.97 Å². The van der Waals surface area contributed by atoms with Crippen LogP contribution >= 0.6 is 11.6 Å². The maximum absolute atomic E-state index is 12.0. The number of anilines is 3. The maximum Gasteiger partial charge on any atom is 0.407 e. The van der Waals surface area contributed by atoms with Crippen molar-refractivity contribution >= 4 is 40.6 Å². The summed E-state index contributed by atoms with van der Waals surface area (Å²) < 4.78 is 36.0. The summed E-state index contributed by atoms with van der Waals surface area (Å²) in [6.07, 6.45) is -2.60. The van der Waals surface area contributed by atoms with Crippen molar-refractivity contribution in [2.24, 2.45) is 10.7 Å². The number of nitrogens with zero attached hydrogens (tertiary/aromatic N) is 3. The van der Waals surface area contributed by atoms with Gasteiger partial charge in [-0.15, -0.1) is 0 Å². The number of alkyl halides is 3. The van der Waals surface area contributed by atoms with Crippen LogP contribution in [0, 0.1) is 5.41 Å². The topological polar surface area (TPSA) is 152 Å². The summed E-state index contributed by atoms with van der Waals surface area (Å²) in [6.45, 7) is -1.36. The summed E-state index contributed by atoms with van der Waals surface area (Å²) >= 11 is 5.47. The van der Waals surface area contributed by atoms with Gasteiger partial charge in [-0.1, -0.05) is 11.6 Å². The minimum Gasteiger partial charge on any atom is -0.403 e. The van der Waals surface area contributed by atoms with E-state index in [0.29, 0.717) is 0 Å². The van der Waals surface area contributed by atoms with Gasteiger partial charge in [0.05, 0.1) is 11.3 Å². The highest BCUT2D eigenvalue weighted by atomic mass is 35.5. The number of nitrogens with one attached hydrogen (secondary N) is 2. The number of aromatic nitrogens is 2. The zero-order chi connectivity index (χ0) is 16.9. The van der Waals surface area contributed by atoms with E-state index in [2.05, 4.69) is 20.3 Å². The van der Waals surface area contributed by atoms with Crippen LogP contribution in [0.4, 0.5) is 30.8 Å². The summed E-state index contributed by atoms with van der Waals surface area (Å²) in [5.41, 5.74) is 16.3. The fraction of sp³-hybridized carbons (Fsp3) is 0.200. The minimum atomic E-state index is -4.43. The molecule has 0 fully saturated rings. The van der Waals surface area contributed by atoms with Crippen LogP contribution in [0.3, 0.4) is 0 Å². The van der Waals surface area contributed by atoms with Crippen molar-refractivity contribution in [3.8, 4) is 0 Å². The second-order valence-electron chi connectivity index (χ2n) is 3.84. The monoisotopic (exact) mass is 336 g/mol. The molecule has 0 aliphatic heterocycles. The Labute approximate surface area is 127 Å². The molecule has 0 spiro atoms. The molecular formula is C10H12ClF3N8. The summed E-state index contributed by atoms with van der Waals surface area (Å²) in [5, 5.41) is 9.31. The van der Waals surface area contributed by atoms with Crippen LogP contribution in [0.1, 0.15) is 5.56 Å². The number of aliphatic imine (C=N–C) groups is 1. The van der Waals surface area contributed by atoms with E-state index in [4.69, 9.17) is 34.2 Å². The van der Waals surface area contributed by atoms with E-state index in [9.17, 15) is 13.2 Å². The van der Waals surface area contributed by atoms with Crippen LogP contribution in [-0.2, 0) is 0 Å². The van der Waals surface area contributed by atoms with Gasteiger partial charge in [-0.3, -0.25) is 10.4 Å². The van der Waals surface area contributed by atoms with Crippen molar-refractivity contribution < 1.29 is 13.2 Å². The van der Waals surface area contributed by atoms with Crippen LogP contribution in [0.5, 0.6) is 0 Å². The Morgan fingerprint density at radius 1 is 1.32 bits per heavy atom. The summed E-state index contributed by atoms with van der Waals surface area (Å²) in [7, 11) is 0. The Morgan fingerprint density at radius 3 is 2.27 bits per heavy atom. The molecule has 0 saturated heterocycles. The molecule has 0 saturated carbocycles. The third-order valence-corrected chi connectivity index (χ3v) is 2.31. The number of hydrogen-bond donors (Lipinski definition) is 5. The molecule has 22 heavy (non-hydrogen) atoms. The molecule has 120 valence electrons. The van der Waals surface area contributed by atoms with Crippen LogP contribution in [-0.4, -0.2) is 34.1 Å². The lowest BCUT2D eigenvalue weighted by Crippen LogP contribution is -2.15. The van der Waals surface area contributed by atoms with Gasteiger partial charge >= 0.3 is 6.18 Å². The van der Waals surface area contributed by atoms with E-state index in [-0.39, 0.29) is 28.8 Å². The molecule has 0 unspecified atom stereocenters. The van der Waals surface area contributed by atoms with Crippen LogP contribution in [0.2, 0.25) is 0 Å². The van der Waals surface area contributed by atoms with Crippen LogP contribution < -0.4 is 22.5 Å². The van der Waals surface area contributed by atoms with Gasteiger partial charge in [-0.2, -0.15) is 23.1 Å². The highest BCUT2D eigenvalue weighted by Crippen LogP contribution is 2.20. The second-order valence-corrected chi connectivity index (χ2v) is 4.22. The van der Waals surface area contributed by atoms with E-state index in [0.717, 1.165) is 12.4 Å². The Kier molecular flexibility index (Phi) is 5.51. The molecule has 0 radical (unpaired) electrons. The van der Waals surface area contributed by atoms with Gasteiger partial charge in [0, 0.05) is 12.4 Å². The summed E-state index contributed by atoms with van der Waals surface area (Å²) in [5.74, 6) is -0.468. The molecule has 1 rings (SSSR count). The van der Waals surface area contributed by atoms with Gasteiger partial charge < -0.3 is 22.5 Å². The van der Waals surface area contributed by atoms with Gasteiger partial charge in [0.15, 0.2) is 0 Å². The lowest BCUT2D eigenvalue weighted by molar-refractivity contribution is -0.118. The second kappa shape index (κ2) is 6.93. The molecule has 0 aromatic carbocycles. The number of nitrogen functional groups attached to an aromatic ring is 2. The fourth-order valence-electron chi connectivity index (χ4n) is 1.27. The van der Waals surface area contributed by atoms with E-state index < -0.39 is 17.9 Å². The van der Waals surface area contributed by atoms with Gasteiger partial charge in [-0.05, 0) is 0 Å². The molecule has 1 aromatic heterocycles. The van der Waals surface area contributed by atoms with Crippen molar-refractivity contribution in [2.45, 2.75) is 6.18 Å². The molecule has 0 atom stereocenters. The van der Waals surface area contributed by atoms with Gasteiger partial charge in [0.2, 0.25) is 5.95 Å². The Hall–Kier alpha value is -2.56.